The van der Waals surface area contributed by atoms with Gasteiger partial charge >= 0.3 is 35.8 Å². The number of hydrogen-bond acceptors (Lipinski definition) is 3. The third-order valence-corrected chi connectivity index (χ3v) is 2.82. The topological polar surface area (TPSA) is 63.6 Å². The molecule has 0 saturated heterocycles. The number of esters is 1. The van der Waals surface area contributed by atoms with Crippen LogP contribution in [0.25, 0.3) is 0 Å². The lowest BCUT2D eigenvalue weighted by atomic mass is 9.98. The smallest absolute Gasteiger partial charge is 0.438 e. The molecule has 0 radical (unpaired) electrons. The van der Waals surface area contributed by atoms with Crippen LogP contribution in [0.4, 0.5) is 39.5 Å². The maximum Gasteiger partial charge on any atom is 0.438 e. The van der Waals surface area contributed by atoms with E-state index < -0.39 is 60.4 Å². The van der Waals surface area contributed by atoms with Crippen molar-refractivity contribution in [3.63, 3.8) is 0 Å². The standard InChI is InChI=1S/C12H11F9O4/c1-3-9(14,15)12(20,21)10(16,17)8(13)11(18,19)25-7(24)5(2)4-6(22)23/h8H,2-4H2,1H3,(H,22,23). The van der Waals surface area contributed by atoms with Gasteiger partial charge < -0.3 is 9.84 Å². The monoisotopic (exact) mass is 390 g/mol. The van der Waals surface area contributed by atoms with E-state index in [1.54, 1.807) is 0 Å². The Morgan fingerprint density at radius 2 is 1.52 bits per heavy atom. The molecule has 1 atom stereocenters. The van der Waals surface area contributed by atoms with E-state index >= 15 is 0 Å². The van der Waals surface area contributed by atoms with E-state index in [0.29, 0.717) is 6.92 Å². The molecule has 1 N–H and O–H groups in total. The summed E-state index contributed by atoms with van der Waals surface area (Å²) in [5.41, 5.74) is -1.26. The molecule has 0 saturated carbocycles. The number of hydrogen-bond donors (Lipinski definition) is 1. The number of carboxylic acid groups (broad SMARTS) is 1. The summed E-state index contributed by atoms with van der Waals surface area (Å²) in [6.07, 6.45) is -14.6. The van der Waals surface area contributed by atoms with Crippen LogP contribution in [-0.2, 0) is 14.3 Å². The fourth-order valence-electron chi connectivity index (χ4n) is 1.34. The van der Waals surface area contributed by atoms with Crippen molar-refractivity contribution in [2.45, 2.75) is 49.8 Å². The molecule has 0 fully saturated rings. The van der Waals surface area contributed by atoms with E-state index in [0.717, 1.165) is 0 Å². The van der Waals surface area contributed by atoms with Crippen molar-refractivity contribution in [3.05, 3.63) is 12.2 Å². The SMILES string of the molecule is C=C(CC(=O)O)C(=O)OC(F)(F)C(F)C(F)(F)C(F)(F)C(F)(F)CC. The average molecular weight is 390 g/mol. The summed E-state index contributed by atoms with van der Waals surface area (Å²) >= 11 is 0. The molecule has 0 bridgehead atoms. The molecule has 0 aromatic rings. The summed E-state index contributed by atoms with van der Waals surface area (Å²) in [5.74, 6) is -22.9. The Kier molecular flexibility index (Phi) is 6.56. The zero-order valence-corrected chi connectivity index (χ0v) is 12.3. The van der Waals surface area contributed by atoms with E-state index in [9.17, 15) is 49.1 Å². The van der Waals surface area contributed by atoms with E-state index in [2.05, 4.69) is 11.3 Å². The predicted molar refractivity (Wildman–Crippen MR) is 62.5 cm³/mol. The third-order valence-electron chi connectivity index (χ3n) is 2.82. The summed E-state index contributed by atoms with van der Waals surface area (Å²) in [5, 5.41) is 8.26. The Morgan fingerprint density at radius 3 is 1.88 bits per heavy atom. The molecular weight excluding hydrogens is 379 g/mol. The van der Waals surface area contributed by atoms with E-state index in [4.69, 9.17) is 5.11 Å². The van der Waals surface area contributed by atoms with E-state index in [1.807, 2.05) is 0 Å². The Labute approximate surface area is 134 Å². The molecule has 13 heteroatoms. The van der Waals surface area contributed by atoms with Crippen LogP contribution in [0.2, 0.25) is 0 Å². The van der Waals surface area contributed by atoms with Gasteiger partial charge in [0, 0.05) is 12.0 Å². The molecule has 0 aliphatic heterocycles. The first-order valence-electron chi connectivity index (χ1n) is 6.22. The van der Waals surface area contributed by atoms with Crippen LogP contribution < -0.4 is 0 Å². The van der Waals surface area contributed by atoms with Crippen molar-refractivity contribution in [2.75, 3.05) is 0 Å². The first kappa shape index (κ1) is 23.1. The van der Waals surface area contributed by atoms with Crippen LogP contribution in [0, 0.1) is 0 Å². The number of ether oxygens (including phenoxy) is 1. The van der Waals surface area contributed by atoms with Crippen molar-refractivity contribution in [1.29, 1.82) is 0 Å². The molecule has 0 aromatic heterocycles. The van der Waals surface area contributed by atoms with Crippen LogP contribution in [0.1, 0.15) is 19.8 Å². The number of halogens is 9. The molecule has 25 heavy (non-hydrogen) atoms. The molecule has 0 aromatic carbocycles. The predicted octanol–water partition coefficient (Wildman–Crippen LogP) is 3.81. The fourth-order valence-corrected chi connectivity index (χ4v) is 1.34. The van der Waals surface area contributed by atoms with Gasteiger partial charge in [0.15, 0.2) is 0 Å². The first-order valence-corrected chi connectivity index (χ1v) is 6.22. The average Bonchev–Trinajstić information content (AvgIpc) is 2.44. The first-order chi connectivity index (χ1) is 10.9. The minimum atomic E-state index is -6.63. The van der Waals surface area contributed by atoms with Crippen molar-refractivity contribution < 1.29 is 58.9 Å². The van der Waals surface area contributed by atoms with Crippen LogP contribution in [0.15, 0.2) is 12.2 Å². The third kappa shape index (κ3) is 4.57. The lowest BCUT2D eigenvalue weighted by molar-refractivity contribution is -0.369. The molecule has 146 valence electrons. The summed E-state index contributed by atoms with van der Waals surface area (Å²) in [7, 11) is 0. The largest absolute Gasteiger partial charge is 0.481 e. The van der Waals surface area contributed by atoms with Gasteiger partial charge in [0.2, 0.25) is 0 Å². The summed E-state index contributed by atoms with van der Waals surface area (Å²) in [6.45, 7) is 2.96. The minimum absolute atomic E-state index is 0.325. The molecule has 0 heterocycles. The lowest BCUT2D eigenvalue weighted by Crippen LogP contribution is -2.62. The second kappa shape index (κ2) is 7.12. The quantitative estimate of drug-likeness (QED) is 0.370. The van der Waals surface area contributed by atoms with Crippen molar-refractivity contribution >= 4 is 11.9 Å². The molecule has 0 rings (SSSR count). The van der Waals surface area contributed by atoms with Gasteiger partial charge in [0.1, 0.15) is 0 Å². The molecule has 0 aliphatic rings. The Bertz CT molecular complexity index is 545. The summed E-state index contributed by atoms with van der Waals surface area (Å²) in [6, 6.07) is 0. The Morgan fingerprint density at radius 1 is 1.08 bits per heavy atom. The maximum absolute atomic E-state index is 13.3. The normalized spacial score (nSPS) is 14.8. The highest BCUT2D eigenvalue weighted by atomic mass is 19.4. The van der Waals surface area contributed by atoms with Gasteiger partial charge in [-0.1, -0.05) is 13.5 Å². The number of aliphatic carboxylic acids is 1. The van der Waals surface area contributed by atoms with Gasteiger partial charge in [-0.3, -0.25) is 4.79 Å². The summed E-state index contributed by atoms with van der Waals surface area (Å²) in [4.78, 5) is 21.2. The van der Waals surface area contributed by atoms with E-state index in [1.165, 1.54) is 0 Å². The van der Waals surface area contributed by atoms with Gasteiger partial charge in [-0.15, -0.1) is 0 Å². The number of rotatable bonds is 9. The second-order valence-electron chi connectivity index (χ2n) is 4.74. The highest BCUT2D eigenvalue weighted by Crippen LogP contribution is 2.52. The Hall–Kier alpha value is -1.95. The zero-order valence-electron chi connectivity index (χ0n) is 12.3. The van der Waals surface area contributed by atoms with Crippen LogP contribution in [0.3, 0.4) is 0 Å². The zero-order chi connectivity index (χ0) is 20.4. The maximum atomic E-state index is 13.3. The highest BCUT2D eigenvalue weighted by Gasteiger charge is 2.78. The van der Waals surface area contributed by atoms with Gasteiger partial charge in [0.05, 0.1) is 6.42 Å². The minimum Gasteiger partial charge on any atom is -0.481 e. The molecule has 0 spiro atoms. The van der Waals surface area contributed by atoms with Crippen LogP contribution in [-0.4, -0.2) is 47.1 Å². The van der Waals surface area contributed by atoms with Crippen molar-refractivity contribution in [3.8, 4) is 0 Å². The molecular formula is C12H11F9O4. The molecule has 0 amide bonds. The lowest BCUT2D eigenvalue weighted by Gasteiger charge is -2.35. The molecule has 4 nitrogen and oxygen atoms in total. The van der Waals surface area contributed by atoms with Crippen molar-refractivity contribution in [2.24, 2.45) is 0 Å². The van der Waals surface area contributed by atoms with Gasteiger partial charge in [-0.25, -0.2) is 9.18 Å². The number of carbonyl (C=O) groups excluding carboxylic acids is 1. The van der Waals surface area contributed by atoms with E-state index in [-0.39, 0.29) is 0 Å². The summed E-state index contributed by atoms with van der Waals surface area (Å²) < 4.78 is 121. The number of alkyl halides is 9. The second-order valence-corrected chi connectivity index (χ2v) is 4.74. The highest BCUT2D eigenvalue weighted by molar-refractivity contribution is 5.92. The van der Waals surface area contributed by atoms with Gasteiger partial charge in [-0.05, 0) is 0 Å². The van der Waals surface area contributed by atoms with Crippen LogP contribution in [0.5, 0.6) is 0 Å². The van der Waals surface area contributed by atoms with Gasteiger partial charge in [-0.2, -0.15) is 35.1 Å². The number of carboxylic acids is 1. The molecule has 0 aliphatic carbocycles. The fraction of sp³-hybridized carbons (Fsp3) is 0.667. The number of carbonyl (C=O) groups is 2. The Balaban J connectivity index is 5.54. The van der Waals surface area contributed by atoms with Gasteiger partial charge in [0.25, 0.3) is 6.17 Å². The molecule has 1 unspecified atom stereocenters. The van der Waals surface area contributed by atoms with Crippen LogP contribution >= 0.6 is 0 Å². The van der Waals surface area contributed by atoms with Crippen molar-refractivity contribution in [1.82, 2.24) is 0 Å².